The first-order valence-electron chi connectivity index (χ1n) is 8.51. The Morgan fingerprint density at radius 1 is 1.29 bits per heavy atom. The van der Waals surface area contributed by atoms with Gasteiger partial charge in [-0.05, 0) is 49.9 Å². The van der Waals surface area contributed by atoms with Crippen molar-refractivity contribution in [2.45, 2.75) is 39.8 Å². The van der Waals surface area contributed by atoms with Crippen LogP contribution >= 0.6 is 0 Å². The molecule has 1 fully saturated rings. The second-order valence-electron chi connectivity index (χ2n) is 6.87. The number of aryl methyl sites for hydroxylation is 2. The van der Waals surface area contributed by atoms with Gasteiger partial charge in [0, 0.05) is 24.3 Å². The molecule has 5 nitrogen and oxygen atoms in total. The highest BCUT2D eigenvalue weighted by molar-refractivity contribution is 5.94. The highest BCUT2D eigenvalue weighted by Gasteiger charge is 2.27. The molecule has 1 N–H and O–H groups in total. The van der Waals surface area contributed by atoms with Crippen LogP contribution in [0.25, 0.3) is 0 Å². The molecule has 1 aromatic heterocycles. The first kappa shape index (κ1) is 16.7. The van der Waals surface area contributed by atoms with Gasteiger partial charge in [-0.3, -0.25) is 9.48 Å². The number of carbonyl (C=O) groups excluding carboxylic acids is 1. The predicted molar refractivity (Wildman–Crippen MR) is 92.9 cm³/mol. The van der Waals surface area contributed by atoms with Gasteiger partial charge in [-0.1, -0.05) is 19.1 Å². The van der Waals surface area contributed by atoms with Crippen LogP contribution in [0.3, 0.4) is 0 Å². The van der Waals surface area contributed by atoms with Gasteiger partial charge in [-0.15, -0.1) is 0 Å². The Bertz CT molecular complexity index is 721. The molecule has 5 heteroatoms. The summed E-state index contributed by atoms with van der Waals surface area (Å²) in [6, 6.07) is 9.75. The summed E-state index contributed by atoms with van der Waals surface area (Å²) < 4.78 is 1.97. The lowest BCUT2D eigenvalue weighted by Gasteiger charge is -2.34. The van der Waals surface area contributed by atoms with E-state index in [0.717, 1.165) is 23.4 Å². The summed E-state index contributed by atoms with van der Waals surface area (Å²) in [6.45, 7) is 7.89. The molecule has 1 aliphatic heterocycles. The molecule has 3 rings (SSSR count). The quantitative estimate of drug-likeness (QED) is 0.942. The Kier molecular flexibility index (Phi) is 4.71. The number of β-amino-alcohol motifs (C(OH)–C–C–N with tert-alkyl or cyclic N) is 1. The minimum Gasteiger partial charge on any atom is -0.391 e. The molecule has 2 unspecified atom stereocenters. The normalized spacial score (nSPS) is 21.1. The van der Waals surface area contributed by atoms with Crippen molar-refractivity contribution in [3.05, 3.63) is 52.8 Å². The number of hydrogen-bond donors (Lipinski definition) is 1. The van der Waals surface area contributed by atoms with E-state index in [9.17, 15) is 9.90 Å². The summed E-state index contributed by atoms with van der Waals surface area (Å²) in [7, 11) is 0. The van der Waals surface area contributed by atoms with Crippen LogP contribution in [0.15, 0.2) is 30.3 Å². The van der Waals surface area contributed by atoms with Crippen LogP contribution in [0.1, 0.15) is 40.7 Å². The average molecular weight is 327 g/mol. The average Bonchev–Trinajstić information content (AvgIpc) is 2.87. The Morgan fingerprint density at radius 2 is 2.00 bits per heavy atom. The number of carbonyl (C=O) groups is 1. The van der Waals surface area contributed by atoms with E-state index < -0.39 is 6.10 Å². The van der Waals surface area contributed by atoms with Crippen LogP contribution in [-0.4, -0.2) is 44.9 Å². The maximum atomic E-state index is 12.6. The van der Waals surface area contributed by atoms with E-state index in [0.29, 0.717) is 25.2 Å². The van der Waals surface area contributed by atoms with E-state index in [1.807, 2.05) is 49.7 Å². The monoisotopic (exact) mass is 327 g/mol. The van der Waals surface area contributed by atoms with Crippen LogP contribution in [0.2, 0.25) is 0 Å². The standard InChI is InChI=1S/C19H25N3O2/c1-13-8-9-21(12-18(13)23)19(24)17-6-4-16(5-7-17)11-22-15(3)10-14(2)20-22/h4-7,10,13,18,23H,8-9,11-12H2,1-3H3. The van der Waals surface area contributed by atoms with Gasteiger partial charge in [0.05, 0.1) is 18.3 Å². The Morgan fingerprint density at radius 3 is 2.58 bits per heavy atom. The zero-order chi connectivity index (χ0) is 17.3. The van der Waals surface area contributed by atoms with Crippen molar-refractivity contribution in [1.29, 1.82) is 0 Å². The second kappa shape index (κ2) is 6.77. The van der Waals surface area contributed by atoms with Gasteiger partial charge >= 0.3 is 0 Å². The summed E-state index contributed by atoms with van der Waals surface area (Å²) >= 11 is 0. The van der Waals surface area contributed by atoms with Crippen molar-refractivity contribution < 1.29 is 9.90 Å². The van der Waals surface area contributed by atoms with Crippen LogP contribution in [0.4, 0.5) is 0 Å². The lowest BCUT2D eigenvalue weighted by molar-refractivity contribution is 0.0248. The van der Waals surface area contributed by atoms with Crippen LogP contribution < -0.4 is 0 Å². The van der Waals surface area contributed by atoms with E-state index in [4.69, 9.17) is 0 Å². The number of likely N-dealkylation sites (tertiary alicyclic amines) is 1. The molecule has 128 valence electrons. The van der Waals surface area contributed by atoms with Crippen molar-refractivity contribution in [2.75, 3.05) is 13.1 Å². The number of amides is 1. The molecule has 24 heavy (non-hydrogen) atoms. The van der Waals surface area contributed by atoms with Crippen molar-refractivity contribution in [3.8, 4) is 0 Å². The van der Waals surface area contributed by atoms with Crippen molar-refractivity contribution in [3.63, 3.8) is 0 Å². The van der Waals surface area contributed by atoms with Gasteiger partial charge in [0.1, 0.15) is 0 Å². The fourth-order valence-corrected chi connectivity index (χ4v) is 3.18. The highest BCUT2D eigenvalue weighted by atomic mass is 16.3. The largest absolute Gasteiger partial charge is 0.391 e. The molecule has 1 aliphatic rings. The highest BCUT2D eigenvalue weighted by Crippen LogP contribution is 2.19. The third-order valence-corrected chi connectivity index (χ3v) is 4.84. The summed E-state index contributed by atoms with van der Waals surface area (Å²) in [6.07, 6.45) is 0.427. The molecule has 2 atom stereocenters. The first-order valence-corrected chi connectivity index (χ1v) is 8.51. The molecule has 1 aromatic carbocycles. The van der Waals surface area contributed by atoms with E-state index in [2.05, 4.69) is 11.2 Å². The van der Waals surface area contributed by atoms with Gasteiger partial charge in [0.15, 0.2) is 0 Å². The lowest BCUT2D eigenvalue weighted by Crippen LogP contribution is -2.45. The third-order valence-electron chi connectivity index (χ3n) is 4.84. The fourth-order valence-electron chi connectivity index (χ4n) is 3.18. The molecular formula is C19H25N3O2. The molecular weight excluding hydrogens is 302 g/mol. The van der Waals surface area contributed by atoms with Gasteiger partial charge in [0.25, 0.3) is 5.91 Å². The molecule has 0 radical (unpaired) electrons. The SMILES string of the molecule is Cc1cc(C)n(Cc2ccc(C(=O)N3CCC(C)C(O)C3)cc2)n1. The van der Waals surface area contributed by atoms with Gasteiger partial charge < -0.3 is 10.0 Å². The minimum atomic E-state index is -0.423. The number of benzene rings is 1. The van der Waals surface area contributed by atoms with Gasteiger partial charge in [-0.2, -0.15) is 5.10 Å². The molecule has 0 spiro atoms. The predicted octanol–water partition coefficient (Wildman–Crippen LogP) is 2.39. The van der Waals surface area contributed by atoms with E-state index in [-0.39, 0.29) is 11.8 Å². The molecule has 0 aliphatic carbocycles. The van der Waals surface area contributed by atoms with E-state index in [1.165, 1.54) is 0 Å². The van der Waals surface area contributed by atoms with Crippen LogP contribution in [0, 0.1) is 19.8 Å². The van der Waals surface area contributed by atoms with Crippen LogP contribution in [-0.2, 0) is 6.54 Å². The lowest BCUT2D eigenvalue weighted by atomic mass is 9.95. The minimum absolute atomic E-state index is 0.00128. The molecule has 1 amide bonds. The zero-order valence-electron chi connectivity index (χ0n) is 14.6. The number of aliphatic hydroxyl groups excluding tert-OH is 1. The molecule has 2 heterocycles. The van der Waals surface area contributed by atoms with Crippen molar-refractivity contribution in [2.24, 2.45) is 5.92 Å². The second-order valence-corrected chi connectivity index (χ2v) is 6.87. The molecule has 1 saturated heterocycles. The molecule has 2 aromatic rings. The molecule has 0 bridgehead atoms. The number of rotatable bonds is 3. The maximum absolute atomic E-state index is 12.6. The Labute approximate surface area is 142 Å². The maximum Gasteiger partial charge on any atom is 0.253 e. The number of piperidine rings is 1. The van der Waals surface area contributed by atoms with Crippen molar-refractivity contribution >= 4 is 5.91 Å². The fraction of sp³-hybridized carbons (Fsp3) is 0.474. The van der Waals surface area contributed by atoms with Crippen molar-refractivity contribution in [1.82, 2.24) is 14.7 Å². The number of aromatic nitrogens is 2. The molecule has 0 saturated carbocycles. The number of nitrogens with zero attached hydrogens (tertiary/aromatic N) is 3. The van der Waals surface area contributed by atoms with Gasteiger partial charge in [0.2, 0.25) is 0 Å². The number of aliphatic hydroxyl groups is 1. The zero-order valence-corrected chi connectivity index (χ0v) is 14.6. The first-order chi connectivity index (χ1) is 11.4. The summed E-state index contributed by atoms with van der Waals surface area (Å²) in [5, 5.41) is 14.4. The summed E-state index contributed by atoms with van der Waals surface area (Å²) in [5.74, 6) is 0.260. The number of hydrogen-bond acceptors (Lipinski definition) is 3. The van der Waals surface area contributed by atoms with E-state index in [1.54, 1.807) is 4.90 Å². The topological polar surface area (TPSA) is 58.4 Å². The Balaban J connectivity index is 1.68. The van der Waals surface area contributed by atoms with Crippen LogP contribution in [0.5, 0.6) is 0 Å². The smallest absolute Gasteiger partial charge is 0.253 e. The third kappa shape index (κ3) is 3.51. The van der Waals surface area contributed by atoms with Gasteiger partial charge in [-0.25, -0.2) is 0 Å². The Hall–Kier alpha value is -2.14. The summed E-state index contributed by atoms with van der Waals surface area (Å²) in [5.41, 5.74) is 3.93. The van der Waals surface area contributed by atoms with E-state index >= 15 is 0 Å². The summed E-state index contributed by atoms with van der Waals surface area (Å²) in [4.78, 5) is 14.3.